The van der Waals surface area contributed by atoms with Gasteiger partial charge in [-0.05, 0) is 24.3 Å². The first-order valence-electron chi connectivity index (χ1n) is 6.68. The molecule has 0 aliphatic rings. The molecule has 0 saturated carbocycles. The summed E-state index contributed by atoms with van der Waals surface area (Å²) >= 11 is 7.22. The SMILES string of the molecule is Nc1ncc(Sc2ccc(Cl)cc2)c(NC(CO)(CO)CO)n1. The van der Waals surface area contributed by atoms with E-state index in [0.717, 1.165) is 4.90 Å². The van der Waals surface area contributed by atoms with E-state index in [1.165, 1.54) is 18.0 Å². The van der Waals surface area contributed by atoms with Crippen LogP contribution in [0.4, 0.5) is 11.8 Å². The van der Waals surface area contributed by atoms with Gasteiger partial charge >= 0.3 is 0 Å². The van der Waals surface area contributed by atoms with Gasteiger partial charge in [0.05, 0.1) is 24.7 Å². The Morgan fingerprint density at radius 3 is 2.30 bits per heavy atom. The van der Waals surface area contributed by atoms with Gasteiger partial charge in [-0.3, -0.25) is 0 Å². The molecule has 0 amide bonds. The second kappa shape index (κ2) is 7.80. The average molecular weight is 357 g/mol. The molecular formula is C14H17ClN4O3S. The Bertz CT molecular complexity index is 645. The lowest BCUT2D eigenvalue weighted by molar-refractivity contribution is 0.0829. The van der Waals surface area contributed by atoms with Crippen molar-refractivity contribution >= 4 is 35.1 Å². The highest BCUT2D eigenvalue weighted by Crippen LogP contribution is 2.34. The lowest BCUT2D eigenvalue weighted by atomic mass is 10.0. The first-order valence-corrected chi connectivity index (χ1v) is 7.88. The Hall–Kier alpha value is -1.58. The number of halogens is 1. The van der Waals surface area contributed by atoms with Gasteiger partial charge in [0, 0.05) is 16.1 Å². The van der Waals surface area contributed by atoms with Crippen molar-refractivity contribution in [2.24, 2.45) is 0 Å². The fourth-order valence-corrected chi connectivity index (χ4v) is 2.65. The third-order valence-corrected chi connectivity index (χ3v) is 4.39. The molecule has 2 rings (SSSR count). The van der Waals surface area contributed by atoms with Crippen molar-refractivity contribution in [3.8, 4) is 0 Å². The summed E-state index contributed by atoms with van der Waals surface area (Å²) in [6.45, 7) is -1.43. The second-order valence-corrected chi connectivity index (χ2v) is 6.43. The molecule has 0 bridgehead atoms. The van der Waals surface area contributed by atoms with Gasteiger partial charge in [0.2, 0.25) is 5.95 Å². The molecule has 0 unspecified atom stereocenters. The molecule has 0 radical (unpaired) electrons. The molecule has 0 aliphatic carbocycles. The standard InChI is InChI=1S/C14H17ClN4O3S/c15-9-1-3-10(4-2-9)23-11-5-17-13(16)18-12(11)19-14(6-20,7-21)8-22/h1-5,20-22H,6-8H2,(H3,16,17,18,19). The molecule has 1 aromatic heterocycles. The van der Waals surface area contributed by atoms with Crippen LogP contribution in [0.25, 0.3) is 0 Å². The Kier molecular flexibility index (Phi) is 6.03. The molecule has 0 atom stereocenters. The molecule has 6 N–H and O–H groups in total. The van der Waals surface area contributed by atoms with Crippen LogP contribution in [-0.4, -0.2) is 50.6 Å². The molecular weight excluding hydrogens is 340 g/mol. The summed E-state index contributed by atoms with van der Waals surface area (Å²) in [5, 5.41) is 31.8. The number of nitrogens with two attached hydrogens (primary N) is 1. The number of rotatable bonds is 7. The highest BCUT2D eigenvalue weighted by Gasteiger charge is 2.29. The number of aromatic nitrogens is 2. The van der Waals surface area contributed by atoms with E-state index in [1.807, 2.05) is 12.1 Å². The van der Waals surface area contributed by atoms with Gasteiger partial charge in [-0.25, -0.2) is 4.98 Å². The van der Waals surface area contributed by atoms with E-state index in [-0.39, 0.29) is 5.95 Å². The first kappa shape index (κ1) is 17.8. The predicted octanol–water partition coefficient (Wildman–Crippen LogP) is 0.991. The highest BCUT2D eigenvalue weighted by atomic mass is 35.5. The van der Waals surface area contributed by atoms with E-state index in [9.17, 15) is 15.3 Å². The number of hydrogen-bond acceptors (Lipinski definition) is 8. The van der Waals surface area contributed by atoms with Gasteiger partial charge in [0.15, 0.2) is 0 Å². The number of aliphatic hydroxyl groups is 3. The third kappa shape index (κ3) is 4.46. The maximum atomic E-state index is 9.44. The molecule has 0 saturated heterocycles. The number of anilines is 2. The summed E-state index contributed by atoms with van der Waals surface area (Å²) in [7, 11) is 0. The normalized spacial score (nSPS) is 11.5. The number of nitrogen functional groups attached to an aromatic ring is 1. The van der Waals surface area contributed by atoms with Crippen molar-refractivity contribution in [1.82, 2.24) is 9.97 Å². The molecule has 1 aromatic carbocycles. The van der Waals surface area contributed by atoms with E-state index in [2.05, 4.69) is 15.3 Å². The van der Waals surface area contributed by atoms with Crippen LogP contribution in [0.15, 0.2) is 40.3 Å². The minimum atomic E-state index is -1.31. The van der Waals surface area contributed by atoms with E-state index >= 15 is 0 Å². The predicted molar refractivity (Wildman–Crippen MR) is 89.6 cm³/mol. The molecule has 23 heavy (non-hydrogen) atoms. The maximum Gasteiger partial charge on any atom is 0.221 e. The number of hydrogen-bond donors (Lipinski definition) is 5. The van der Waals surface area contributed by atoms with E-state index in [0.29, 0.717) is 15.7 Å². The Morgan fingerprint density at radius 1 is 1.13 bits per heavy atom. The van der Waals surface area contributed by atoms with Gasteiger partial charge in [0.1, 0.15) is 11.4 Å². The van der Waals surface area contributed by atoms with Gasteiger partial charge in [-0.15, -0.1) is 0 Å². The summed E-state index contributed by atoms with van der Waals surface area (Å²) in [4.78, 5) is 9.57. The average Bonchev–Trinajstić information content (AvgIpc) is 2.57. The lowest BCUT2D eigenvalue weighted by Crippen LogP contribution is -2.49. The minimum Gasteiger partial charge on any atom is -0.394 e. The van der Waals surface area contributed by atoms with Gasteiger partial charge < -0.3 is 26.4 Å². The van der Waals surface area contributed by atoms with E-state index in [1.54, 1.807) is 12.1 Å². The summed E-state index contributed by atoms with van der Waals surface area (Å²) in [5.74, 6) is 0.352. The fourth-order valence-electron chi connectivity index (χ4n) is 1.70. The van der Waals surface area contributed by atoms with Crippen molar-refractivity contribution < 1.29 is 15.3 Å². The Labute approximate surface area is 142 Å². The largest absolute Gasteiger partial charge is 0.394 e. The van der Waals surface area contributed by atoms with Crippen LogP contribution < -0.4 is 11.1 Å². The van der Waals surface area contributed by atoms with Crippen LogP contribution in [0.2, 0.25) is 5.02 Å². The number of nitrogens with zero attached hydrogens (tertiary/aromatic N) is 2. The molecule has 0 fully saturated rings. The molecule has 2 aromatic rings. The van der Waals surface area contributed by atoms with Crippen LogP contribution >= 0.6 is 23.4 Å². The fraction of sp³-hybridized carbons (Fsp3) is 0.286. The van der Waals surface area contributed by atoms with E-state index in [4.69, 9.17) is 17.3 Å². The van der Waals surface area contributed by atoms with Crippen LogP contribution in [0.1, 0.15) is 0 Å². The van der Waals surface area contributed by atoms with Gasteiger partial charge in [0.25, 0.3) is 0 Å². The molecule has 124 valence electrons. The lowest BCUT2D eigenvalue weighted by Gasteiger charge is -2.30. The van der Waals surface area contributed by atoms with Crippen molar-refractivity contribution in [3.05, 3.63) is 35.5 Å². The van der Waals surface area contributed by atoms with E-state index < -0.39 is 25.4 Å². The van der Waals surface area contributed by atoms with Crippen LogP contribution in [-0.2, 0) is 0 Å². The van der Waals surface area contributed by atoms with Gasteiger partial charge in [-0.2, -0.15) is 4.98 Å². The zero-order valence-electron chi connectivity index (χ0n) is 12.1. The van der Waals surface area contributed by atoms with Crippen molar-refractivity contribution in [3.63, 3.8) is 0 Å². The summed E-state index contributed by atoms with van der Waals surface area (Å²) < 4.78 is 0. The number of nitrogens with one attached hydrogen (secondary N) is 1. The monoisotopic (exact) mass is 356 g/mol. The zero-order chi connectivity index (χ0) is 16.9. The van der Waals surface area contributed by atoms with Crippen molar-refractivity contribution in [2.45, 2.75) is 15.3 Å². The van der Waals surface area contributed by atoms with Gasteiger partial charge in [-0.1, -0.05) is 23.4 Å². The topological polar surface area (TPSA) is 125 Å². The quantitative estimate of drug-likeness (QED) is 0.497. The smallest absolute Gasteiger partial charge is 0.221 e. The Balaban J connectivity index is 2.31. The molecule has 1 heterocycles. The summed E-state index contributed by atoms with van der Waals surface area (Å²) in [6.07, 6.45) is 1.53. The highest BCUT2D eigenvalue weighted by molar-refractivity contribution is 7.99. The van der Waals surface area contributed by atoms with Crippen LogP contribution in [0.5, 0.6) is 0 Å². The molecule has 9 heteroatoms. The first-order chi connectivity index (χ1) is 11.0. The molecule has 0 spiro atoms. The van der Waals surface area contributed by atoms with Crippen LogP contribution in [0, 0.1) is 0 Å². The Morgan fingerprint density at radius 2 is 1.74 bits per heavy atom. The van der Waals surface area contributed by atoms with Crippen LogP contribution in [0.3, 0.4) is 0 Å². The van der Waals surface area contributed by atoms with Crippen molar-refractivity contribution in [2.75, 3.05) is 30.9 Å². The summed E-state index contributed by atoms with van der Waals surface area (Å²) in [5.41, 5.74) is 4.30. The molecule has 0 aliphatic heterocycles. The molecule has 7 nitrogen and oxygen atoms in total. The second-order valence-electron chi connectivity index (χ2n) is 4.88. The van der Waals surface area contributed by atoms with Crippen molar-refractivity contribution in [1.29, 1.82) is 0 Å². The maximum absolute atomic E-state index is 9.44. The third-order valence-electron chi connectivity index (χ3n) is 3.11. The number of benzene rings is 1. The minimum absolute atomic E-state index is 0.0377. The number of aliphatic hydroxyl groups excluding tert-OH is 3. The summed E-state index contributed by atoms with van der Waals surface area (Å²) in [6, 6.07) is 7.19. The zero-order valence-corrected chi connectivity index (χ0v) is 13.7.